The third kappa shape index (κ3) is 3.48. The average Bonchev–Trinajstić information content (AvgIpc) is 2.42. The topological polar surface area (TPSA) is 57.4 Å². The van der Waals surface area contributed by atoms with Gasteiger partial charge in [-0.3, -0.25) is 0 Å². The Hall–Kier alpha value is -1.17. The van der Waals surface area contributed by atoms with Crippen molar-refractivity contribution in [2.45, 2.75) is 25.4 Å². The summed E-state index contributed by atoms with van der Waals surface area (Å²) in [5.74, 6) is 0.641. The minimum absolute atomic E-state index is 0.251. The molecular weight excluding hydrogens is 250 g/mol. The summed E-state index contributed by atoms with van der Waals surface area (Å²) in [6, 6.07) is 2.95. The molecule has 1 aliphatic rings. The molecule has 0 spiro atoms. The van der Waals surface area contributed by atoms with Crippen LogP contribution in [0.15, 0.2) is 12.3 Å². The first-order valence-electron chi connectivity index (χ1n) is 7.29. The van der Waals surface area contributed by atoms with Gasteiger partial charge in [-0.25, -0.2) is 4.98 Å². The summed E-state index contributed by atoms with van der Waals surface area (Å²) < 4.78 is 0. The molecule has 0 bridgehead atoms. The molecule has 1 aliphatic heterocycles. The van der Waals surface area contributed by atoms with E-state index in [0.29, 0.717) is 11.9 Å². The van der Waals surface area contributed by atoms with Gasteiger partial charge in [-0.2, -0.15) is 0 Å². The van der Waals surface area contributed by atoms with Gasteiger partial charge in [0.1, 0.15) is 5.82 Å². The van der Waals surface area contributed by atoms with Crippen LogP contribution in [0.25, 0.3) is 0 Å². The van der Waals surface area contributed by atoms with Gasteiger partial charge in [0.2, 0.25) is 0 Å². The molecule has 2 unspecified atom stereocenters. The summed E-state index contributed by atoms with van der Waals surface area (Å²) in [7, 11) is 6.40. The fourth-order valence-corrected chi connectivity index (χ4v) is 2.91. The Bertz CT molecular complexity index is 448. The van der Waals surface area contributed by atoms with Gasteiger partial charge in [0.25, 0.3) is 0 Å². The minimum atomic E-state index is 0.251. The highest BCUT2D eigenvalue weighted by molar-refractivity contribution is 5.43. The zero-order valence-corrected chi connectivity index (χ0v) is 13.1. The van der Waals surface area contributed by atoms with E-state index in [4.69, 9.17) is 5.73 Å². The van der Waals surface area contributed by atoms with Gasteiger partial charge in [0.15, 0.2) is 0 Å². The summed E-state index contributed by atoms with van der Waals surface area (Å²) in [6.45, 7) is 5.43. The van der Waals surface area contributed by atoms with Gasteiger partial charge in [-0.1, -0.05) is 0 Å². The predicted molar refractivity (Wildman–Crippen MR) is 83.7 cm³/mol. The lowest BCUT2D eigenvalue weighted by Gasteiger charge is -2.39. The molecule has 2 heterocycles. The highest BCUT2D eigenvalue weighted by atomic mass is 15.3. The van der Waals surface area contributed by atoms with Gasteiger partial charge < -0.3 is 20.9 Å². The van der Waals surface area contributed by atoms with Gasteiger partial charge in [-0.05, 0) is 46.1 Å². The summed E-state index contributed by atoms with van der Waals surface area (Å²) >= 11 is 0. The fourth-order valence-electron chi connectivity index (χ4n) is 2.91. The molecule has 1 aromatic heterocycles. The number of aryl methyl sites for hydroxylation is 1. The van der Waals surface area contributed by atoms with Crippen molar-refractivity contribution in [3.63, 3.8) is 0 Å². The molecule has 0 aromatic carbocycles. The highest BCUT2D eigenvalue weighted by Crippen LogP contribution is 2.26. The number of rotatable bonds is 4. The highest BCUT2D eigenvalue weighted by Gasteiger charge is 2.26. The first kappa shape index (κ1) is 15.2. The van der Waals surface area contributed by atoms with Gasteiger partial charge in [0.05, 0.1) is 0 Å². The summed E-state index contributed by atoms with van der Waals surface area (Å²) in [5.41, 5.74) is 8.33. The minimum Gasteiger partial charge on any atom is -0.383 e. The van der Waals surface area contributed by atoms with E-state index in [1.807, 2.05) is 13.2 Å². The Morgan fingerprint density at radius 3 is 2.90 bits per heavy atom. The molecule has 1 aromatic rings. The number of piperazine rings is 1. The Kier molecular flexibility index (Phi) is 4.96. The van der Waals surface area contributed by atoms with Crippen molar-refractivity contribution in [3.8, 4) is 0 Å². The maximum Gasteiger partial charge on any atom is 0.128 e. The monoisotopic (exact) mass is 277 g/mol. The van der Waals surface area contributed by atoms with Crippen LogP contribution >= 0.6 is 0 Å². The molecule has 2 atom stereocenters. The number of hydrogen-bond donors (Lipinski definition) is 2. The SMILES string of the molecule is CNC(CC1CN(C)CCN1C)c1cc(C)cnc1N. The van der Waals surface area contributed by atoms with Crippen LogP contribution in [0.2, 0.25) is 0 Å². The van der Waals surface area contributed by atoms with E-state index in [2.05, 4.69) is 47.2 Å². The molecule has 0 aliphatic carbocycles. The third-order valence-electron chi connectivity index (χ3n) is 4.30. The van der Waals surface area contributed by atoms with E-state index in [9.17, 15) is 0 Å². The Labute approximate surface area is 122 Å². The summed E-state index contributed by atoms with van der Waals surface area (Å²) in [4.78, 5) is 9.13. The molecule has 1 saturated heterocycles. The Morgan fingerprint density at radius 1 is 1.45 bits per heavy atom. The van der Waals surface area contributed by atoms with Crippen LogP contribution in [0, 0.1) is 6.92 Å². The van der Waals surface area contributed by atoms with E-state index in [0.717, 1.165) is 37.2 Å². The quantitative estimate of drug-likeness (QED) is 0.855. The zero-order chi connectivity index (χ0) is 14.7. The zero-order valence-electron chi connectivity index (χ0n) is 13.1. The average molecular weight is 277 g/mol. The number of nitrogen functional groups attached to an aromatic ring is 1. The van der Waals surface area contributed by atoms with Crippen LogP contribution in [0.4, 0.5) is 5.82 Å². The number of nitrogens with one attached hydrogen (secondary N) is 1. The number of pyridine rings is 1. The molecule has 1 fully saturated rings. The van der Waals surface area contributed by atoms with E-state index in [-0.39, 0.29) is 6.04 Å². The molecule has 0 saturated carbocycles. The molecular formula is C15H27N5. The number of anilines is 1. The van der Waals surface area contributed by atoms with Crippen molar-refractivity contribution in [1.82, 2.24) is 20.1 Å². The van der Waals surface area contributed by atoms with Crippen molar-refractivity contribution >= 4 is 5.82 Å². The van der Waals surface area contributed by atoms with Crippen LogP contribution < -0.4 is 11.1 Å². The lowest BCUT2D eigenvalue weighted by atomic mass is 9.97. The molecule has 5 nitrogen and oxygen atoms in total. The standard InChI is InChI=1S/C15H27N5/c1-11-7-13(15(16)18-9-11)14(17-2)8-12-10-19(3)5-6-20(12)4/h7,9,12,14,17H,5-6,8,10H2,1-4H3,(H2,16,18). The van der Waals surface area contributed by atoms with Crippen molar-refractivity contribution in [1.29, 1.82) is 0 Å². The van der Waals surface area contributed by atoms with Crippen molar-refractivity contribution in [2.75, 3.05) is 46.5 Å². The smallest absolute Gasteiger partial charge is 0.128 e. The third-order valence-corrected chi connectivity index (χ3v) is 4.30. The second-order valence-corrected chi connectivity index (χ2v) is 5.96. The van der Waals surface area contributed by atoms with Crippen LogP contribution in [0.3, 0.4) is 0 Å². The lowest BCUT2D eigenvalue weighted by Crippen LogP contribution is -2.50. The predicted octanol–water partition coefficient (Wildman–Crippen LogP) is 0.869. The largest absolute Gasteiger partial charge is 0.383 e. The Morgan fingerprint density at radius 2 is 2.20 bits per heavy atom. The molecule has 2 rings (SSSR count). The van der Waals surface area contributed by atoms with E-state index in [1.165, 1.54) is 0 Å². The summed E-state index contributed by atoms with van der Waals surface area (Å²) in [6.07, 6.45) is 2.87. The normalized spacial score (nSPS) is 22.9. The van der Waals surface area contributed by atoms with Crippen LogP contribution in [-0.4, -0.2) is 61.6 Å². The second kappa shape index (κ2) is 6.52. The molecule has 5 heteroatoms. The van der Waals surface area contributed by atoms with Crippen LogP contribution in [0.5, 0.6) is 0 Å². The first-order valence-corrected chi connectivity index (χ1v) is 7.29. The van der Waals surface area contributed by atoms with E-state index < -0.39 is 0 Å². The van der Waals surface area contributed by atoms with Crippen LogP contribution in [-0.2, 0) is 0 Å². The second-order valence-electron chi connectivity index (χ2n) is 5.96. The lowest BCUT2D eigenvalue weighted by molar-refractivity contribution is 0.102. The van der Waals surface area contributed by atoms with Crippen LogP contribution in [0.1, 0.15) is 23.6 Å². The maximum absolute atomic E-state index is 6.06. The maximum atomic E-state index is 6.06. The molecule has 3 N–H and O–H groups in total. The fraction of sp³-hybridized carbons (Fsp3) is 0.667. The number of likely N-dealkylation sites (N-methyl/N-ethyl adjacent to an activating group) is 2. The number of hydrogen-bond acceptors (Lipinski definition) is 5. The van der Waals surface area contributed by atoms with E-state index in [1.54, 1.807) is 0 Å². The van der Waals surface area contributed by atoms with Gasteiger partial charge in [0, 0.05) is 43.5 Å². The van der Waals surface area contributed by atoms with Crippen molar-refractivity contribution in [3.05, 3.63) is 23.4 Å². The first-order chi connectivity index (χ1) is 9.51. The van der Waals surface area contributed by atoms with Crippen molar-refractivity contribution < 1.29 is 0 Å². The molecule has 0 radical (unpaired) electrons. The van der Waals surface area contributed by atoms with Gasteiger partial charge >= 0.3 is 0 Å². The molecule has 0 amide bonds. The number of nitrogens with zero attached hydrogens (tertiary/aromatic N) is 3. The molecule has 112 valence electrons. The van der Waals surface area contributed by atoms with Crippen molar-refractivity contribution in [2.24, 2.45) is 0 Å². The molecule has 20 heavy (non-hydrogen) atoms. The Balaban J connectivity index is 2.13. The van der Waals surface area contributed by atoms with E-state index >= 15 is 0 Å². The number of nitrogens with two attached hydrogens (primary N) is 1. The van der Waals surface area contributed by atoms with Gasteiger partial charge in [-0.15, -0.1) is 0 Å². The summed E-state index contributed by atoms with van der Waals surface area (Å²) in [5, 5.41) is 3.40. The number of aromatic nitrogens is 1.